The zero-order chi connectivity index (χ0) is 12.1. The van der Waals surface area contributed by atoms with Gasteiger partial charge in [0.1, 0.15) is 0 Å². The van der Waals surface area contributed by atoms with Gasteiger partial charge in [0.2, 0.25) is 5.78 Å². The Morgan fingerprint density at radius 1 is 1.24 bits per heavy atom. The molecular weight excluding hydrogens is 214 g/mol. The molecule has 1 N–H and O–H groups in total. The lowest BCUT2D eigenvalue weighted by atomic mass is 10.1. The van der Waals surface area contributed by atoms with E-state index in [1.807, 2.05) is 30.3 Å². The second-order valence-electron chi connectivity index (χ2n) is 4.34. The van der Waals surface area contributed by atoms with Crippen LogP contribution in [-0.2, 0) is 16.0 Å². The molecule has 1 fully saturated rings. The topological polar surface area (TPSA) is 46.2 Å². The standard InChI is InChI=1S/C14H16NO2/c16-13(14(17)15-12-9-10-12)8-4-7-11-5-2-1-3-6-11/h1-3,5-6,8,12H,4,7,9-10H2,(H,15,17). The predicted molar refractivity (Wildman–Crippen MR) is 65.2 cm³/mol. The normalized spacial score (nSPS) is 14.4. The quantitative estimate of drug-likeness (QED) is 0.756. The molecule has 0 aliphatic heterocycles. The third kappa shape index (κ3) is 4.02. The first-order chi connectivity index (χ1) is 8.25. The van der Waals surface area contributed by atoms with Crippen molar-refractivity contribution in [2.24, 2.45) is 0 Å². The summed E-state index contributed by atoms with van der Waals surface area (Å²) in [5.41, 5.74) is 1.18. The first-order valence-corrected chi connectivity index (χ1v) is 5.97. The summed E-state index contributed by atoms with van der Waals surface area (Å²) in [7, 11) is 0. The Balaban J connectivity index is 1.67. The van der Waals surface area contributed by atoms with E-state index in [2.05, 4.69) is 5.32 Å². The highest BCUT2D eigenvalue weighted by Gasteiger charge is 2.25. The van der Waals surface area contributed by atoms with Crippen molar-refractivity contribution in [3.8, 4) is 0 Å². The van der Waals surface area contributed by atoms with Crippen LogP contribution in [0.25, 0.3) is 0 Å². The second kappa shape index (κ2) is 5.62. The largest absolute Gasteiger partial charge is 0.347 e. The molecule has 0 heterocycles. The van der Waals surface area contributed by atoms with Gasteiger partial charge in [-0.15, -0.1) is 0 Å². The van der Waals surface area contributed by atoms with Crippen LogP contribution in [0.5, 0.6) is 0 Å². The van der Waals surface area contributed by atoms with Crippen molar-refractivity contribution in [2.45, 2.75) is 31.7 Å². The minimum atomic E-state index is -0.458. The van der Waals surface area contributed by atoms with Gasteiger partial charge in [-0.2, -0.15) is 0 Å². The summed E-state index contributed by atoms with van der Waals surface area (Å²) in [6.45, 7) is 0. The highest BCUT2D eigenvalue weighted by atomic mass is 16.2. The van der Waals surface area contributed by atoms with Crippen LogP contribution in [0.3, 0.4) is 0 Å². The van der Waals surface area contributed by atoms with E-state index in [0.717, 1.165) is 19.3 Å². The number of carbonyl (C=O) groups excluding carboxylic acids is 2. The molecule has 1 aliphatic carbocycles. The van der Waals surface area contributed by atoms with Crippen LogP contribution in [0.4, 0.5) is 0 Å². The van der Waals surface area contributed by atoms with Gasteiger partial charge in [-0.1, -0.05) is 30.3 Å². The Labute approximate surface area is 101 Å². The molecule has 0 saturated heterocycles. The Hall–Kier alpha value is -1.64. The summed E-state index contributed by atoms with van der Waals surface area (Å²) < 4.78 is 0. The van der Waals surface area contributed by atoms with Crippen LogP contribution in [-0.4, -0.2) is 17.7 Å². The average Bonchev–Trinajstić information content (AvgIpc) is 3.14. The van der Waals surface area contributed by atoms with Gasteiger partial charge in [0.25, 0.3) is 5.91 Å². The molecule has 0 aromatic heterocycles. The number of amides is 1. The van der Waals surface area contributed by atoms with Gasteiger partial charge < -0.3 is 5.32 Å². The van der Waals surface area contributed by atoms with E-state index in [-0.39, 0.29) is 6.04 Å². The minimum Gasteiger partial charge on any atom is -0.347 e. The summed E-state index contributed by atoms with van der Waals surface area (Å²) in [5, 5.41) is 2.68. The van der Waals surface area contributed by atoms with Gasteiger partial charge in [0.05, 0.1) is 0 Å². The van der Waals surface area contributed by atoms with Crippen molar-refractivity contribution >= 4 is 11.7 Å². The van der Waals surface area contributed by atoms with E-state index < -0.39 is 11.7 Å². The number of ketones is 1. The number of Topliss-reactive ketones (excluding diaryl/α,β-unsaturated/α-hetero) is 1. The van der Waals surface area contributed by atoms with Gasteiger partial charge >= 0.3 is 0 Å². The molecular formula is C14H16NO2. The maximum atomic E-state index is 11.4. The zero-order valence-corrected chi connectivity index (χ0v) is 9.69. The van der Waals surface area contributed by atoms with E-state index in [9.17, 15) is 9.59 Å². The fourth-order valence-electron chi connectivity index (χ4n) is 1.59. The van der Waals surface area contributed by atoms with Crippen LogP contribution in [0.15, 0.2) is 30.3 Å². The molecule has 2 rings (SSSR count). The molecule has 3 nitrogen and oxygen atoms in total. The third-order valence-electron chi connectivity index (χ3n) is 2.74. The maximum absolute atomic E-state index is 11.4. The van der Waals surface area contributed by atoms with E-state index in [1.54, 1.807) is 0 Å². The fraction of sp³-hybridized carbons (Fsp3) is 0.357. The van der Waals surface area contributed by atoms with E-state index in [4.69, 9.17) is 0 Å². The molecule has 0 spiro atoms. The second-order valence-corrected chi connectivity index (χ2v) is 4.34. The first-order valence-electron chi connectivity index (χ1n) is 5.97. The van der Waals surface area contributed by atoms with Crippen LogP contribution in [0.1, 0.15) is 24.8 Å². The average molecular weight is 230 g/mol. The molecule has 1 radical (unpaired) electrons. The van der Waals surface area contributed by atoms with Gasteiger partial charge in [-0.25, -0.2) is 0 Å². The van der Waals surface area contributed by atoms with Crippen molar-refractivity contribution in [2.75, 3.05) is 0 Å². The van der Waals surface area contributed by atoms with Crippen molar-refractivity contribution < 1.29 is 9.59 Å². The molecule has 0 atom stereocenters. The number of nitrogens with one attached hydrogen (secondary N) is 1. The lowest BCUT2D eigenvalue weighted by Crippen LogP contribution is -2.32. The Morgan fingerprint density at radius 3 is 2.59 bits per heavy atom. The third-order valence-corrected chi connectivity index (χ3v) is 2.74. The van der Waals surface area contributed by atoms with Gasteiger partial charge in [0.15, 0.2) is 0 Å². The molecule has 0 bridgehead atoms. The molecule has 89 valence electrons. The predicted octanol–water partition coefficient (Wildman–Crippen LogP) is 1.67. The van der Waals surface area contributed by atoms with Crippen LogP contribution >= 0.6 is 0 Å². The molecule has 0 unspecified atom stereocenters. The molecule has 1 aliphatic rings. The maximum Gasteiger partial charge on any atom is 0.287 e. The van der Waals surface area contributed by atoms with Gasteiger partial charge in [0, 0.05) is 12.5 Å². The molecule has 1 amide bonds. The van der Waals surface area contributed by atoms with Crippen LogP contribution in [0.2, 0.25) is 0 Å². The number of hydrogen-bond donors (Lipinski definition) is 1. The van der Waals surface area contributed by atoms with Crippen LogP contribution in [0, 0.1) is 6.42 Å². The van der Waals surface area contributed by atoms with Crippen molar-refractivity contribution in [1.82, 2.24) is 5.32 Å². The zero-order valence-electron chi connectivity index (χ0n) is 9.69. The molecule has 3 heteroatoms. The van der Waals surface area contributed by atoms with Gasteiger partial charge in [-0.3, -0.25) is 9.59 Å². The summed E-state index contributed by atoms with van der Waals surface area (Å²) in [6, 6.07) is 10.2. The monoisotopic (exact) mass is 230 g/mol. The Kier molecular flexibility index (Phi) is 3.91. The Morgan fingerprint density at radius 2 is 1.94 bits per heavy atom. The van der Waals surface area contributed by atoms with Gasteiger partial charge in [-0.05, 0) is 31.2 Å². The van der Waals surface area contributed by atoms with E-state index in [0.29, 0.717) is 6.42 Å². The highest BCUT2D eigenvalue weighted by Crippen LogP contribution is 2.18. The van der Waals surface area contributed by atoms with Crippen molar-refractivity contribution in [3.05, 3.63) is 42.3 Å². The summed E-state index contributed by atoms with van der Waals surface area (Å²) in [6.07, 6.45) is 4.89. The summed E-state index contributed by atoms with van der Waals surface area (Å²) in [5.74, 6) is -0.867. The number of benzene rings is 1. The highest BCUT2D eigenvalue weighted by molar-refractivity contribution is 6.39. The molecule has 1 aromatic carbocycles. The minimum absolute atomic E-state index is 0.244. The number of carbonyl (C=O) groups is 2. The lowest BCUT2D eigenvalue weighted by molar-refractivity contribution is -0.136. The van der Waals surface area contributed by atoms with E-state index in [1.165, 1.54) is 12.0 Å². The van der Waals surface area contributed by atoms with E-state index >= 15 is 0 Å². The number of aryl methyl sites for hydroxylation is 1. The number of rotatable bonds is 6. The Bertz CT molecular complexity index is 396. The molecule has 1 aromatic rings. The number of hydrogen-bond acceptors (Lipinski definition) is 2. The summed E-state index contributed by atoms with van der Waals surface area (Å²) in [4.78, 5) is 22.8. The molecule has 17 heavy (non-hydrogen) atoms. The SMILES string of the molecule is O=C([CH]CCc1ccccc1)C(=O)NC1CC1. The fourth-order valence-corrected chi connectivity index (χ4v) is 1.59. The molecule has 1 saturated carbocycles. The first kappa shape index (κ1) is 11.8. The smallest absolute Gasteiger partial charge is 0.287 e. The van der Waals surface area contributed by atoms with Crippen molar-refractivity contribution in [3.63, 3.8) is 0 Å². The lowest BCUT2D eigenvalue weighted by Gasteiger charge is -2.02. The summed E-state index contributed by atoms with van der Waals surface area (Å²) >= 11 is 0. The van der Waals surface area contributed by atoms with Crippen molar-refractivity contribution in [1.29, 1.82) is 0 Å². The van der Waals surface area contributed by atoms with Crippen LogP contribution < -0.4 is 5.32 Å².